The van der Waals surface area contributed by atoms with Crippen LogP contribution in [-0.4, -0.2) is 17.0 Å². The van der Waals surface area contributed by atoms with Crippen molar-refractivity contribution in [3.05, 3.63) is 0 Å². The lowest BCUT2D eigenvalue weighted by Gasteiger charge is -2.35. The van der Waals surface area contributed by atoms with Crippen LogP contribution in [0.4, 0.5) is 0 Å². The minimum Gasteiger partial charge on any atom is -0.385 e. The molecule has 0 heterocycles. The molecule has 1 aliphatic rings. The summed E-state index contributed by atoms with van der Waals surface area (Å²) in [4.78, 5) is 11.0. The predicted molar refractivity (Wildman–Crippen MR) is 47.8 cm³/mol. The molecule has 1 aliphatic carbocycles. The molecule has 1 N–H and O–H groups in total. The molecular weight excluding hydrogens is 152 g/mol. The molecule has 0 aromatic carbocycles. The number of ketones is 1. The highest BCUT2D eigenvalue weighted by atomic mass is 16.3. The lowest BCUT2D eigenvalue weighted by Crippen LogP contribution is -2.35. The van der Waals surface area contributed by atoms with Gasteiger partial charge in [0.25, 0.3) is 0 Å². The van der Waals surface area contributed by atoms with Crippen LogP contribution >= 0.6 is 0 Å². The zero-order valence-electron chi connectivity index (χ0n) is 8.13. The highest BCUT2D eigenvalue weighted by molar-refractivity contribution is 5.83. The second-order valence-electron chi connectivity index (χ2n) is 4.82. The van der Waals surface area contributed by atoms with Crippen LogP contribution in [0.1, 0.15) is 40.0 Å². The number of hydrogen-bond acceptors (Lipinski definition) is 2. The van der Waals surface area contributed by atoms with E-state index in [0.29, 0.717) is 18.8 Å². The van der Waals surface area contributed by atoms with E-state index in [1.165, 1.54) is 0 Å². The van der Waals surface area contributed by atoms with Gasteiger partial charge >= 0.3 is 0 Å². The van der Waals surface area contributed by atoms with Gasteiger partial charge in [0, 0.05) is 6.42 Å². The van der Waals surface area contributed by atoms with Crippen LogP contribution in [0.3, 0.4) is 0 Å². The van der Waals surface area contributed by atoms with Gasteiger partial charge in [-0.05, 0) is 24.2 Å². The van der Waals surface area contributed by atoms with Gasteiger partial charge in [-0.2, -0.15) is 0 Å². The van der Waals surface area contributed by atoms with Crippen molar-refractivity contribution in [2.24, 2.45) is 11.3 Å². The number of hydrogen-bond donors (Lipinski definition) is 1. The van der Waals surface area contributed by atoms with Gasteiger partial charge in [0.05, 0.1) is 0 Å². The molecule has 1 saturated carbocycles. The highest BCUT2D eigenvalue weighted by Gasteiger charge is 2.33. The van der Waals surface area contributed by atoms with E-state index in [1.54, 1.807) is 0 Å². The maximum absolute atomic E-state index is 11.0. The molecule has 0 spiro atoms. The Morgan fingerprint density at radius 1 is 1.42 bits per heavy atom. The van der Waals surface area contributed by atoms with Crippen LogP contribution in [0.15, 0.2) is 0 Å². The van der Waals surface area contributed by atoms with E-state index < -0.39 is 6.10 Å². The summed E-state index contributed by atoms with van der Waals surface area (Å²) in [7, 11) is 0. The molecule has 2 nitrogen and oxygen atoms in total. The molecule has 0 unspecified atom stereocenters. The number of aliphatic hydroxyl groups excluding tert-OH is 1. The zero-order chi connectivity index (χ0) is 9.35. The van der Waals surface area contributed by atoms with Crippen molar-refractivity contribution >= 4 is 5.78 Å². The first-order valence-electron chi connectivity index (χ1n) is 4.62. The van der Waals surface area contributed by atoms with E-state index in [9.17, 15) is 9.90 Å². The van der Waals surface area contributed by atoms with Crippen molar-refractivity contribution in [3.8, 4) is 0 Å². The summed E-state index contributed by atoms with van der Waals surface area (Å²) in [6.07, 6.45) is 1.47. The summed E-state index contributed by atoms with van der Waals surface area (Å²) in [5.74, 6) is 0.515. The Balaban J connectivity index is 2.57. The number of Topliss-reactive ketones (excluding diaryl/α,β-unsaturated/α-hetero) is 1. The van der Waals surface area contributed by atoms with E-state index >= 15 is 0 Å². The van der Waals surface area contributed by atoms with Crippen molar-refractivity contribution in [2.75, 3.05) is 0 Å². The monoisotopic (exact) mass is 170 g/mol. The van der Waals surface area contributed by atoms with Gasteiger partial charge in [0.15, 0.2) is 5.78 Å². The van der Waals surface area contributed by atoms with Gasteiger partial charge in [-0.1, -0.05) is 20.8 Å². The fraction of sp³-hybridized carbons (Fsp3) is 0.900. The van der Waals surface area contributed by atoms with Gasteiger partial charge in [-0.3, -0.25) is 4.79 Å². The Morgan fingerprint density at radius 3 is 2.42 bits per heavy atom. The molecule has 0 saturated heterocycles. The average Bonchev–Trinajstić information content (AvgIpc) is 1.92. The SMILES string of the molecule is CC(C)(C)[C@H]1CCC(=O)[C@H](O)C1. The largest absolute Gasteiger partial charge is 0.385 e. The second-order valence-corrected chi connectivity index (χ2v) is 4.82. The highest BCUT2D eigenvalue weighted by Crippen LogP contribution is 2.36. The van der Waals surface area contributed by atoms with E-state index in [2.05, 4.69) is 20.8 Å². The molecule has 1 rings (SSSR count). The Hall–Kier alpha value is -0.370. The Kier molecular flexibility index (Phi) is 2.57. The molecule has 1 fully saturated rings. The van der Waals surface area contributed by atoms with Crippen LogP contribution in [-0.2, 0) is 4.79 Å². The van der Waals surface area contributed by atoms with E-state index in [0.717, 1.165) is 6.42 Å². The van der Waals surface area contributed by atoms with Crippen molar-refractivity contribution in [2.45, 2.75) is 46.1 Å². The molecule has 0 aliphatic heterocycles. The number of carbonyl (C=O) groups excluding carboxylic acids is 1. The Bertz CT molecular complexity index is 179. The van der Waals surface area contributed by atoms with E-state index in [4.69, 9.17) is 0 Å². The molecule has 0 bridgehead atoms. The van der Waals surface area contributed by atoms with Crippen LogP contribution < -0.4 is 0 Å². The maximum atomic E-state index is 11.0. The lowest BCUT2D eigenvalue weighted by atomic mass is 9.71. The van der Waals surface area contributed by atoms with Gasteiger partial charge in [-0.25, -0.2) is 0 Å². The summed E-state index contributed by atoms with van der Waals surface area (Å²) in [5, 5.41) is 9.36. The molecule has 70 valence electrons. The van der Waals surface area contributed by atoms with Crippen molar-refractivity contribution in [3.63, 3.8) is 0 Å². The van der Waals surface area contributed by atoms with Crippen LogP contribution in [0.5, 0.6) is 0 Å². The van der Waals surface area contributed by atoms with E-state index in [-0.39, 0.29) is 11.2 Å². The molecule has 0 amide bonds. The summed E-state index contributed by atoms with van der Waals surface area (Å²) < 4.78 is 0. The molecular formula is C10H18O2. The fourth-order valence-corrected chi connectivity index (χ4v) is 1.79. The predicted octanol–water partition coefficient (Wildman–Crippen LogP) is 1.76. The molecule has 0 radical (unpaired) electrons. The Labute approximate surface area is 74.0 Å². The van der Waals surface area contributed by atoms with Crippen molar-refractivity contribution in [1.29, 1.82) is 0 Å². The van der Waals surface area contributed by atoms with Crippen LogP contribution in [0, 0.1) is 11.3 Å². The normalized spacial score (nSPS) is 32.2. The second kappa shape index (κ2) is 3.17. The average molecular weight is 170 g/mol. The maximum Gasteiger partial charge on any atom is 0.161 e. The van der Waals surface area contributed by atoms with Gasteiger partial charge in [0.1, 0.15) is 6.10 Å². The number of carbonyl (C=O) groups is 1. The van der Waals surface area contributed by atoms with Crippen LogP contribution in [0.2, 0.25) is 0 Å². The molecule has 12 heavy (non-hydrogen) atoms. The first-order chi connectivity index (χ1) is 5.41. The summed E-state index contributed by atoms with van der Waals surface area (Å²) in [5.41, 5.74) is 0.224. The third kappa shape index (κ3) is 2.07. The third-order valence-electron chi connectivity index (χ3n) is 2.84. The molecule has 0 aromatic heterocycles. The number of aliphatic hydroxyl groups is 1. The summed E-state index contributed by atoms with van der Waals surface area (Å²) in [6.45, 7) is 6.50. The summed E-state index contributed by atoms with van der Waals surface area (Å²) >= 11 is 0. The zero-order valence-corrected chi connectivity index (χ0v) is 8.13. The minimum atomic E-state index is -0.692. The topological polar surface area (TPSA) is 37.3 Å². The first kappa shape index (κ1) is 9.72. The lowest BCUT2D eigenvalue weighted by molar-refractivity contribution is -0.131. The van der Waals surface area contributed by atoms with Gasteiger partial charge in [0.2, 0.25) is 0 Å². The van der Waals surface area contributed by atoms with Crippen molar-refractivity contribution < 1.29 is 9.90 Å². The quantitative estimate of drug-likeness (QED) is 0.601. The fourth-order valence-electron chi connectivity index (χ4n) is 1.79. The van der Waals surface area contributed by atoms with Crippen molar-refractivity contribution in [1.82, 2.24) is 0 Å². The Morgan fingerprint density at radius 2 is 2.00 bits per heavy atom. The first-order valence-corrected chi connectivity index (χ1v) is 4.62. The molecule has 2 atom stereocenters. The minimum absolute atomic E-state index is 0.0236. The third-order valence-corrected chi connectivity index (χ3v) is 2.84. The summed E-state index contributed by atoms with van der Waals surface area (Å²) in [6, 6.07) is 0. The van der Waals surface area contributed by atoms with Crippen LogP contribution in [0.25, 0.3) is 0 Å². The number of rotatable bonds is 0. The van der Waals surface area contributed by atoms with Gasteiger partial charge < -0.3 is 5.11 Å². The molecule has 2 heteroatoms. The smallest absolute Gasteiger partial charge is 0.161 e. The molecule has 0 aromatic rings. The van der Waals surface area contributed by atoms with Gasteiger partial charge in [-0.15, -0.1) is 0 Å². The van der Waals surface area contributed by atoms with E-state index in [1.807, 2.05) is 0 Å². The standard InChI is InChI=1S/C10H18O2/c1-10(2,3)7-4-5-8(11)9(12)6-7/h7,9,12H,4-6H2,1-3H3/t7-,9+/m0/s1.